The van der Waals surface area contributed by atoms with Gasteiger partial charge in [-0.05, 0) is 54.4 Å². The number of nitrogens with one attached hydrogen (secondary N) is 3. The molecule has 1 unspecified atom stereocenters. The first kappa shape index (κ1) is 24.4. The van der Waals surface area contributed by atoms with Crippen molar-refractivity contribution in [3.05, 3.63) is 106 Å². The molecule has 6 nitrogen and oxygen atoms in total. The molecule has 1 heterocycles. The molecule has 4 rings (SSSR count). The third-order valence-electron chi connectivity index (χ3n) is 5.19. The van der Waals surface area contributed by atoms with Gasteiger partial charge in [0.05, 0.1) is 0 Å². The number of carbonyl (C=O) groups excluding carboxylic acids is 2. The molecule has 0 aliphatic carbocycles. The number of aryl methyl sites for hydroxylation is 1. The Bertz CT molecular complexity index is 1330. The molecule has 0 aliphatic heterocycles. The van der Waals surface area contributed by atoms with Crippen molar-refractivity contribution in [2.75, 3.05) is 10.6 Å². The monoisotopic (exact) mass is 508 g/mol. The van der Waals surface area contributed by atoms with Crippen molar-refractivity contribution in [2.45, 2.75) is 19.4 Å². The highest BCUT2D eigenvalue weighted by atomic mass is 35.5. The van der Waals surface area contributed by atoms with Crippen molar-refractivity contribution in [1.29, 1.82) is 0 Å². The highest BCUT2D eigenvalue weighted by Gasteiger charge is 2.23. The van der Waals surface area contributed by atoms with Gasteiger partial charge in [-0.2, -0.15) is 0 Å². The summed E-state index contributed by atoms with van der Waals surface area (Å²) in [6.07, 6.45) is 0.274. The fourth-order valence-electron chi connectivity index (χ4n) is 3.33. The van der Waals surface area contributed by atoms with Crippen LogP contribution in [-0.2, 0) is 11.2 Å². The van der Waals surface area contributed by atoms with Crippen LogP contribution in [0.4, 0.5) is 20.9 Å². The highest BCUT2D eigenvalue weighted by Crippen LogP contribution is 2.26. The van der Waals surface area contributed by atoms with Crippen LogP contribution in [0, 0.1) is 12.7 Å². The Morgan fingerprint density at radius 1 is 1.06 bits per heavy atom. The van der Waals surface area contributed by atoms with E-state index in [-0.39, 0.29) is 12.1 Å². The summed E-state index contributed by atoms with van der Waals surface area (Å²) in [6.45, 7) is 1.94. The van der Waals surface area contributed by atoms with Gasteiger partial charge < -0.3 is 16.0 Å². The minimum atomic E-state index is -0.872. The molecular formula is C26H22ClFN4O2S. The predicted octanol–water partition coefficient (Wildman–Crippen LogP) is 5.97. The second kappa shape index (κ2) is 11.1. The molecule has 0 saturated heterocycles. The fourth-order valence-corrected chi connectivity index (χ4v) is 4.21. The number of nitrogens with zero attached hydrogens (tertiary/aromatic N) is 1. The zero-order valence-corrected chi connectivity index (χ0v) is 20.3. The van der Waals surface area contributed by atoms with Crippen molar-refractivity contribution in [3.63, 3.8) is 0 Å². The van der Waals surface area contributed by atoms with Crippen LogP contribution in [-0.4, -0.2) is 22.8 Å². The zero-order valence-electron chi connectivity index (χ0n) is 18.7. The zero-order chi connectivity index (χ0) is 24.8. The minimum absolute atomic E-state index is 0.185. The topological polar surface area (TPSA) is 83.1 Å². The number of rotatable bonds is 8. The molecular weight excluding hydrogens is 487 g/mol. The van der Waals surface area contributed by atoms with Crippen LogP contribution in [0.25, 0.3) is 0 Å². The van der Waals surface area contributed by atoms with E-state index in [1.165, 1.54) is 35.6 Å². The summed E-state index contributed by atoms with van der Waals surface area (Å²) in [5, 5.41) is 11.4. The van der Waals surface area contributed by atoms with E-state index in [2.05, 4.69) is 20.9 Å². The average Bonchev–Trinajstić information content (AvgIpc) is 3.32. The summed E-state index contributed by atoms with van der Waals surface area (Å²) in [5.41, 5.74) is 3.27. The highest BCUT2D eigenvalue weighted by molar-refractivity contribution is 7.14. The third kappa shape index (κ3) is 6.65. The normalized spacial score (nSPS) is 11.5. The molecule has 2 amide bonds. The van der Waals surface area contributed by atoms with Gasteiger partial charge in [-0.25, -0.2) is 9.37 Å². The number of thiazole rings is 1. The van der Waals surface area contributed by atoms with E-state index in [0.29, 0.717) is 15.8 Å². The molecule has 35 heavy (non-hydrogen) atoms. The number of carbonyl (C=O) groups is 2. The summed E-state index contributed by atoms with van der Waals surface area (Å²) in [6, 6.07) is 19.4. The third-order valence-corrected chi connectivity index (χ3v) is 6.19. The number of aromatic nitrogens is 1. The Labute approximate surface area is 211 Å². The van der Waals surface area contributed by atoms with Crippen molar-refractivity contribution in [1.82, 2.24) is 10.3 Å². The van der Waals surface area contributed by atoms with Crippen molar-refractivity contribution in [3.8, 4) is 0 Å². The number of anilines is 3. The van der Waals surface area contributed by atoms with Gasteiger partial charge >= 0.3 is 0 Å². The minimum Gasteiger partial charge on any atom is -0.339 e. The molecule has 0 bridgehead atoms. The molecule has 0 radical (unpaired) electrons. The Kier molecular flexibility index (Phi) is 7.74. The van der Waals surface area contributed by atoms with E-state index in [1.807, 2.05) is 43.3 Å². The summed E-state index contributed by atoms with van der Waals surface area (Å²) in [4.78, 5) is 30.4. The van der Waals surface area contributed by atoms with E-state index in [9.17, 15) is 14.0 Å². The molecule has 3 N–H and O–H groups in total. The number of hydrogen-bond acceptors (Lipinski definition) is 5. The van der Waals surface area contributed by atoms with Crippen molar-refractivity contribution < 1.29 is 14.0 Å². The molecule has 0 aliphatic rings. The molecule has 178 valence electrons. The first-order valence-electron chi connectivity index (χ1n) is 10.8. The first-order valence-corrected chi connectivity index (χ1v) is 12.0. The number of benzene rings is 3. The average molecular weight is 509 g/mol. The quantitative estimate of drug-likeness (QED) is 0.274. The van der Waals surface area contributed by atoms with Gasteiger partial charge in [0, 0.05) is 28.2 Å². The molecule has 0 fully saturated rings. The lowest BCUT2D eigenvalue weighted by atomic mass is 10.0. The lowest BCUT2D eigenvalue weighted by Crippen LogP contribution is -2.45. The van der Waals surface area contributed by atoms with Crippen LogP contribution in [0.15, 0.2) is 78.2 Å². The smallest absolute Gasteiger partial charge is 0.271 e. The van der Waals surface area contributed by atoms with Crippen molar-refractivity contribution in [2.24, 2.45) is 0 Å². The Balaban J connectivity index is 1.49. The van der Waals surface area contributed by atoms with Crippen LogP contribution in [0.2, 0.25) is 5.02 Å². The Morgan fingerprint density at radius 3 is 2.54 bits per heavy atom. The summed E-state index contributed by atoms with van der Waals surface area (Å²) < 4.78 is 13.2. The molecule has 1 atom stereocenters. The molecule has 3 aromatic carbocycles. The molecule has 9 heteroatoms. The van der Waals surface area contributed by atoms with Gasteiger partial charge in [-0.1, -0.05) is 48.0 Å². The summed E-state index contributed by atoms with van der Waals surface area (Å²) >= 11 is 7.35. The summed E-state index contributed by atoms with van der Waals surface area (Å²) in [7, 11) is 0. The first-order chi connectivity index (χ1) is 16.9. The second-order valence-corrected chi connectivity index (χ2v) is 9.13. The lowest BCUT2D eigenvalue weighted by molar-refractivity contribution is -0.118. The Hall–Kier alpha value is -3.75. The van der Waals surface area contributed by atoms with E-state index in [1.54, 1.807) is 17.5 Å². The van der Waals surface area contributed by atoms with Gasteiger partial charge in [-0.15, -0.1) is 11.3 Å². The van der Waals surface area contributed by atoms with Crippen LogP contribution in [0.3, 0.4) is 0 Å². The molecule has 1 aromatic heterocycles. The van der Waals surface area contributed by atoms with Gasteiger partial charge in [0.15, 0.2) is 5.13 Å². The molecule has 4 aromatic rings. The SMILES string of the molecule is Cc1ccc(Cl)cc1Nc1nc(C(=O)NC(Cc2ccccc2)C(=O)Nc2ccc(F)cc2)cs1. The molecule has 0 saturated carbocycles. The van der Waals surface area contributed by atoms with E-state index < -0.39 is 23.7 Å². The van der Waals surface area contributed by atoms with E-state index in [4.69, 9.17) is 11.6 Å². The van der Waals surface area contributed by atoms with Gasteiger partial charge in [0.2, 0.25) is 5.91 Å². The van der Waals surface area contributed by atoms with E-state index in [0.717, 1.165) is 16.8 Å². The van der Waals surface area contributed by atoms with Gasteiger partial charge in [0.1, 0.15) is 17.6 Å². The number of hydrogen-bond donors (Lipinski definition) is 3. The van der Waals surface area contributed by atoms with Gasteiger partial charge in [-0.3, -0.25) is 9.59 Å². The van der Waals surface area contributed by atoms with Crippen LogP contribution < -0.4 is 16.0 Å². The number of amides is 2. The standard InChI is InChI=1S/C26H22ClFN4O2S/c1-16-7-8-18(27)14-21(16)31-26-32-23(15-35-26)25(34)30-22(13-17-5-3-2-4-6-17)24(33)29-20-11-9-19(28)10-12-20/h2-12,14-15,22H,13H2,1H3,(H,29,33)(H,30,34)(H,31,32). The maximum absolute atomic E-state index is 13.2. The maximum Gasteiger partial charge on any atom is 0.271 e. The fraction of sp³-hybridized carbons (Fsp3) is 0.115. The summed E-state index contributed by atoms with van der Waals surface area (Å²) in [5.74, 6) is -1.30. The Morgan fingerprint density at radius 2 is 1.80 bits per heavy atom. The lowest BCUT2D eigenvalue weighted by Gasteiger charge is -2.18. The van der Waals surface area contributed by atoms with Gasteiger partial charge in [0.25, 0.3) is 5.91 Å². The van der Waals surface area contributed by atoms with Crippen LogP contribution in [0.5, 0.6) is 0 Å². The van der Waals surface area contributed by atoms with E-state index >= 15 is 0 Å². The van der Waals surface area contributed by atoms with Crippen LogP contribution >= 0.6 is 22.9 Å². The second-order valence-electron chi connectivity index (χ2n) is 7.83. The number of halogens is 2. The molecule has 0 spiro atoms. The van der Waals surface area contributed by atoms with Crippen LogP contribution in [0.1, 0.15) is 21.6 Å². The predicted molar refractivity (Wildman–Crippen MR) is 138 cm³/mol. The maximum atomic E-state index is 13.2. The van der Waals surface area contributed by atoms with Crippen molar-refractivity contribution >= 4 is 51.3 Å². The largest absolute Gasteiger partial charge is 0.339 e.